The molecule has 19 heavy (non-hydrogen) atoms. The maximum absolute atomic E-state index is 13.7. The van der Waals surface area contributed by atoms with Gasteiger partial charge in [-0.3, -0.25) is 0 Å². The Labute approximate surface area is 110 Å². The molecule has 3 aromatic rings. The lowest BCUT2D eigenvalue weighted by molar-refractivity contribution is 0.587. The molecule has 0 aliphatic heterocycles. The van der Waals surface area contributed by atoms with Crippen molar-refractivity contribution >= 4 is 5.52 Å². The quantitative estimate of drug-likeness (QED) is 0.654. The van der Waals surface area contributed by atoms with Crippen LogP contribution in [0.15, 0.2) is 42.9 Å². The minimum absolute atomic E-state index is 0.415. The summed E-state index contributed by atoms with van der Waals surface area (Å²) in [6.45, 7) is 4.26. The summed E-state index contributed by atoms with van der Waals surface area (Å²) in [6, 6.07) is 7.33. The van der Waals surface area contributed by atoms with Gasteiger partial charge in [0, 0.05) is 29.1 Å². The first kappa shape index (κ1) is 11.8. The third kappa shape index (κ3) is 1.99. The first-order chi connectivity index (χ1) is 9.16. The van der Waals surface area contributed by atoms with Crippen molar-refractivity contribution in [1.29, 1.82) is 0 Å². The van der Waals surface area contributed by atoms with Crippen molar-refractivity contribution < 1.29 is 4.39 Å². The molecule has 0 saturated carbocycles. The molecule has 0 radical (unpaired) electrons. The van der Waals surface area contributed by atoms with E-state index in [-0.39, 0.29) is 0 Å². The topological polar surface area (TPSA) is 30.2 Å². The van der Waals surface area contributed by atoms with Crippen molar-refractivity contribution in [3.05, 3.63) is 54.4 Å². The lowest BCUT2D eigenvalue weighted by Crippen LogP contribution is -1.93. The highest BCUT2D eigenvalue weighted by Crippen LogP contribution is 2.25. The van der Waals surface area contributed by atoms with E-state index in [4.69, 9.17) is 0 Å². The second-order valence-corrected chi connectivity index (χ2v) is 4.84. The standard InChI is InChI=1S/C15H14FN3/c1-10(2)13-8-18-19-9-11(5-6-14(13)19)12-4-3-7-17-15(12)16/h3-10H,1-2H3. The molecule has 0 aromatic carbocycles. The first-order valence-corrected chi connectivity index (χ1v) is 6.25. The molecule has 0 unspecified atom stereocenters. The Morgan fingerprint density at radius 3 is 2.79 bits per heavy atom. The van der Waals surface area contributed by atoms with Crippen molar-refractivity contribution in [2.45, 2.75) is 19.8 Å². The summed E-state index contributed by atoms with van der Waals surface area (Å²) in [5.74, 6) is -0.0448. The van der Waals surface area contributed by atoms with Crippen molar-refractivity contribution in [3.63, 3.8) is 0 Å². The van der Waals surface area contributed by atoms with Crippen molar-refractivity contribution in [2.75, 3.05) is 0 Å². The zero-order valence-electron chi connectivity index (χ0n) is 10.8. The largest absolute Gasteiger partial charge is 0.240 e. The minimum Gasteiger partial charge on any atom is -0.240 e. The molecule has 0 saturated heterocycles. The van der Waals surface area contributed by atoms with Crippen LogP contribution in [0.5, 0.6) is 0 Å². The molecule has 3 rings (SSSR count). The second-order valence-electron chi connectivity index (χ2n) is 4.84. The molecule has 0 atom stereocenters. The third-order valence-corrected chi connectivity index (χ3v) is 3.24. The maximum Gasteiger partial charge on any atom is 0.220 e. The molecule has 0 spiro atoms. The van der Waals surface area contributed by atoms with Gasteiger partial charge in [-0.05, 0) is 24.1 Å². The molecular weight excluding hydrogens is 241 g/mol. The van der Waals surface area contributed by atoms with Gasteiger partial charge in [-0.1, -0.05) is 19.9 Å². The van der Waals surface area contributed by atoms with Crippen molar-refractivity contribution in [3.8, 4) is 11.1 Å². The van der Waals surface area contributed by atoms with E-state index in [0.29, 0.717) is 11.5 Å². The van der Waals surface area contributed by atoms with Gasteiger partial charge in [-0.15, -0.1) is 0 Å². The Kier molecular flexibility index (Phi) is 2.78. The Balaban J connectivity index is 2.16. The predicted octanol–water partition coefficient (Wildman–Crippen LogP) is 3.66. The highest BCUT2D eigenvalue weighted by Gasteiger charge is 2.10. The third-order valence-electron chi connectivity index (χ3n) is 3.24. The summed E-state index contributed by atoms with van der Waals surface area (Å²) in [6.07, 6.45) is 5.15. The monoisotopic (exact) mass is 255 g/mol. The molecule has 0 amide bonds. The summed E-state index contributed by atoms with van der Waals surface area (Å²) in [4.78, 5) is 3.67. The molecule has 0 bridgehead atoms. The maximum atomic E-state index is 13.7. The van der Waals surface area contributed by atoms with Gasteiger partial charge in [-0.2, -0.15) is 9.49 Å². The molecule has 0 aliphatic rings. The fourth-order valence-electron chi connectivity index (χ4n) is 2.21. The van der Waals surface area contributed by atoms with Crippen LogP contribution in [0.4, 0.5) is 4.39 Å². The van der Waals surface area contributed by atoms with Crippen LogP contribution in [-0.2, 0) is 0 Å². The van der Waals surface area contributed by atoms with E-state index in [0.717, 1.165) is 11.1 Å². The highest BCUT2D eigenvalue weighted by molar-refractivity contribution is 5.66. The van der Waals surface area contributed by atoms with Gasteiger partial charge < -0.3 is 0 Å². The normalized spacial score (nSPS) is 11.4. The van der Waals surface area contributed by atoms with Crippen LogP contribution >= 0.6 is 0 Å². The van der Waals surface area contributed by atoms with Crippen molar-refractivity contribution in [2.24, 2.45) is 0 Å². The molecule has 3 aromatic heterocycles. The Bertz CT molecular complexity index is 731. The van der Waals surface area contributed by atoms with Gasteiger partial charge in [0.25, 0.3) is 0 Å². The molecule has 4 heteroatoms. The first-order valence-electron chi connectivity index (χ1n) is 6.25. The van der Waals surface area contributed by atoms with Crippen LogP contribution in [0.2, 0.25) is 0 Å². The van der Waals surface area contributed by atoms with Crippen LogP contribution in [0, 0.1) is 5.95 Å². The van der Waals surface area contributed by atoms with Crippen LogP contribution in [-0.4, -0.2) is 14.6 Å². The summed E-state index contributed by atoms with van der Waals surface area (Å²) in [5, 5.41) is 4.33. The van der Waals surface area contributed by atoms with E-state index in [1.807, 2.05) is 24.5 Å². The molecule has 0 fully saturated rings. The van der Waals surface area contributed by atoms with Gasteiger partial charge in [0.1, 0.15) is 0 Å². The van der Waals surface area contributed by atoms with E-state index in [1.54, 1.807) is 16.6 Å². The smallest absolute Gasteiger partial charge is 0.220 e. The molecule has 3 nitrogen and oxygen atoms in total. The summed E-state index contributed by atoms with van der Waals surface area (Å²) < 4.78 is 15.5. The van der Waals surface area contributed by atoms with Gasteiger partial charge in [0.2, 0.25) is 5.95 Å². The van der Waals surface area contributed by atoms with E-state index in [9.17, 15) is 4.39 Å². The fraction of sp³-hybridized carbons (Fsp3) is 0.200. The Hall–Kier alpha value is -2.23. The van der Waals surface area contributed by atoms with E-state index < -0.39 is 5.95 Å². The average molecular weight is 255 g/mol. The minimum atomic E-state index is -0.460. The zero-order valence-corrected chi connectivity index (χ0v) is 10.8. The van der Waals surface area contributed by atoms with E-state index in [1.165, 1.54) is 11.8 Å². The zero-order chi connectivity index (χ0) is 13.4. The van der Waals surface area contributed by atoms with Crippen LogP contribution in [0.25, 0.3) is 16.6 Å². The average Bonchev–Trinajstić information content (AvgIpc) is 2.82. The van der Waals surface area contributed by atoms with Crippen molar-refractivity contribution in [1.82, 2.24) is 14.6 Å². The summed E-state index contributed by atoms with van der Waals surface area (Å²) in [5.41, 5.74) is 3.52. The number of fused-ring (bicyclic) bond motifs is 1. The summed E-state index contributed by atoms with van der Waals surface area (Å²) >= 11 is 0. The number of hydrogen-bond acceptors (Lipinski definition) is 2. The van der Waals surface area contributed by atoms with Crippen LogP contribution < -0.4 is 0 Å². The lowest BCUT2D eigenvalue weighted by atomic mass is 10.0. The van der Waals surface area contributed by atoms with Gasteiger partial charge in [0.05, 0.1) is 11.7 Å². The van der Waals surface area contributed by atoms with Gasteiger partial charge in [-0.25, -0.2) is 9.50 Å². The number of aromatic nitrogens is 3. The molecule has 0 N–H and O–H groups in total. The van der Waals surface area contributed by atoms with Gasteiger partial charge >= 0.3 is 0 Å². The lowest BCUT2D eigenvalue weighted by Gasteiger charge is -2.05. The van der Waals surface area contributed by atoms with Crippen LogP contribution in [0.1, 0.15) is 25.3 Å². The van der Waals surface area contributed by atoms with E-state index >= 15 is 0 Å². The number of rotatable bonds is 2. The fourth-order valence-corrected chi connectivity index (χ4v) is 2.21. The molecular formula is C15H14FN3. The number of nitrogens with zero attached hydrogens (tertiary/aromatic N) is 3. The van der Waals surface area contributed by atoms with Gasteiger partial charge in [0.15, 0.2) is 0 Å². The Morgan fingerprint density at radius 1 is 1.21 bits per heavy atom. The second kappa shape index (κ2) is 4.46. The molecule has 96 valence electrons. The number of hydrogen-bond donors (Lipinski definition) is 0. The highest BCUT2D eigenvalue weighted by atomic mass is 19.1. The number of pyridine rings is 2. The molecule has 0 aliphatic carbocycles. The number of halogens is 1. The predicted molar refractivity (Wildman–Crippen MR) is 72.5 cm³/mol. The summed E-state index contributed by atoms with van der Waals surface area (Å²) in [7, 11) is 0. The van der Waals surface area contributed by atoms with E-state index in [2.05, 4.69) is 23.9 Å². The van der Waals surface area contributed by atoms with Crippen LogP contribution in [0.3, 0.4) is 0 Å². The molecule has 3 heterocycles. The SMILES string of the molecule is CC(C)c1cnn2cc(-c3cccnc3F)ccc12. The Morgan fingerprint density at radius 2 is 2.05 bits per heavy atom.